The molecule has 6 nitrogen and oxygen atoms in total. The summed E-state index contributed by atoms with van der Waals surface area (Å²) in [6.07, 6.45) is 1.16. The molecule has 11 heteroatoms. The number of ether oxygens (including phenoxy) is 1. The summed E-state index contributed by atoms with van der Waals surface area (Å²) in [6.45, 7) is -1.23. The van der Waals surface area contributed by atoms with Gasteiger partial charge in [0.25, 0.3) is 5.88 Å². The van der Waals surface area contributed by atoms with Crippen LogP contribution in [0.5, 0.6) is 5.88 Å². The fraction of sp³-hybridized carbons (Fsp3) is 0.167. The molecule has 0 fully saturated rings. The van der Waals surface area contributed by atoms with Crippen molar-refractivity contribution in [1.29, 1.82) is 0 Å². The van der Waals surface area contributed by atoms with Gasteiger partial charge in [-0.25, -0.2) is 13.8 Å². The maximum Gasteiger partial charge on any atom is 0.383 e. The second-order valence-electron chi connectivity index (χ2n) is 4.27. The topological polar surface area (TPSA) is 65.2 Å². The summed E-state index contributed by atoms with van der Waals surface area (Å²) in [5.41, 5.74) is 0.306. The van der Waals surface area contributed by atoms with Crippen molar-refractivity contribution >= 4 is 17.2 Å². The minimum atomic E-state index is -3.77. The van der Waals surface area contributed by atoms with Crippen molar-refractivity contribution in [1.82, 2.24) is 24.8 Å². The summed E-state index contributed by atoms with van der Waals surface area (Å²) in [5, 5.41) is 6.91. The number of hydrogen-bond donors (Lipinski definition) is 0. The van der Waals surface area contributed by atoms with Gasteiger partial charge in [0.2, 0.25) is 12.7 Å². The van der Waals surface area contributed by atoms with E-state index in [-0.39, 0.29) is 16.9 Å². The zero-order valence-corrected chi connectivity index (χ0v) is 11.8. The van der Waals surface area contributed by atoms with E-state index in [2.05, 4.69) is 25.0 Å². The SMILES string of the molecule is FCOc1ncc(-c2ccc3nnc(C(F)(F)Cl)n3n2)cc1F. The molecule has 3 aromatic heterocycles. The van der Waals surface area contributed by atoms with Crippen LogP contribution in [-0.4, -0.2) is 31.7 Å². The smallest absolute Gasteiger partial charge is 0.383 e. The number of alkyl halides is 4. The second kappa shape index (κ2) is 5.61. The van der Waals surface area contributed by atoms with Crippen LogP contribution in [0.3, 0.4) is 0 Å². The predicted molar refractivity (Wildman–Crippen MR) is 70.3 cm³/mol. The highest BCUT2D eigenvalue weighted by atomic mass is 35.5. The molecule has 0 saturated heterocycles. The lowest BCUT2D eigenvalue weighted by Crippen LogP contribution is -2.11. The Morgan fingerprint density at radius 1 is 1.26 bits per heavy atom. The maximum absolute atomic E-state index is 13.7. The van der Waals surface area contributed by atoms with Crippen molar-refractivity contribution in [2.75, 3.05) is 6.86 Å². The van der Waals surface area contributed by atoms with Gasteiger partial charge in [0.1, 0.15) is 0 Å². The molecule has 0 bridgehead atoms. The molecule has 0 spiro atoms. The molecular formula is C12H6ClF4N5O. The first-order chi connectivity index (χ1) is 10.9. The van der Waals surface area contributed by atoms with Gasteiger partial charge in [-0.15, -0.1) is 10.2 Å². The van der Waals surface area contributed by atoms with Crippen molar-refractivity contribution in [2.24, 2.45) is 0 Å². The van der Waals surface area contributed by atoms with Crippen molar-refractivity contribution in [3.63, 3.8) is 0 Å². The van der Waals surface area contributed by atoms with Gasteiger partial charge >= 0.3 is 5.38 Å². The molecule has 23 heavy (non-hydrogen) atoms. The van der Waals surface area contributed by atoms with Gasteiger partial charge in [-0.2, -0.15) is 18.4 Å². The third kappa shape index (κ3) is 2.89. The average molecular weight is 348 g/mol. The van der Waals surface area contributed by atoms with Gasteiger partial charge < -0.3 is 4.74 Å². The highest BCUT2D eigenvalue weighted by molar-refractivity contribution is 6.21. The van der Waals surface area contributed by atoms with Crippen molar-refractivity contribution in [3.8, 4) is 17.1 Å². The van der Waals surface area contributed by atoms with E-state index in [0.29, 0.717) is 0 Å². The van der Waals surface area contributed by atoms with Crippen LogP contribution in [0.2, 0.25) is 0 Å². The third-order valence-electron chi connectivity index (χ3n) is 2.81. The third-order valence-corrected chi connectivity index (χ3v) is 2.98. The Morgan fingerprint density at radius 3 is 2.70 bits per heavy atom. The van der Waals surface area contributed by atoms with Crippen LogP contribution >= 0.6 is 11.6 Å². The molecule has 0 saturated carbocycles. The Morgan fingerprint density at radius 2 is 2.04 bits per heavy atom. The number of fused-ring (bicyclic) bond motifs is 1. The number of nitrogens with zero attached hydrogens (tertiary/aromatic N) is 5. The molecule has 0 aliphatic rings. The first kappa shape index (κ1) is 15.4. The summed E-state index contributed by atoms with van der Waals surface area (Å²) < 4.78 is 57.3. The van der Waals surface area contributed by atoms with Crippen LogP contribution in [0.15, 0.2) is 24.4 Å². The summed E-state index contributed by atoms with van der Waals surface area (Å²) in [4.78, 5) is 3.59. The molecule has 0 radical (unpaired) electrons. The Kier molecular flexibility index (Phi) is 3.76. The minimum absolute atomic E-state index is 0.0369. The van der Waals surface area contributed by atoms with E-state index in [0.717, 1.165) is 16.8 Å². The molecule has 0 aliphatic heterocycles. The van der Waals surface area contributed by atoms with E-state index in [1.807, 2.05) is 0 Å². The van der Waals surface area contributed by atoms with Gasteiger partial charge in [0.05, 0.1) is 5.69 Å². The van der Waals surface area contributed by atoms with Crippen LogP contribution in [0.25, 0.3) is 16.9 Å². The largest absolute Gasteiger partial charge is 0.444 e. The van der Waals surface area contributed by atoms with Gasteiger partial charge in [-0.1, -0.05) is 0 Å². The molecule has 3 rings (SSSR count). The molecule has 0 unspecified atom stereocenters. The molecule has 0 aromatic carbocycles. The monoisotopic (exact) mass is 347 g/mol. The fourth-order valence-corrected chi connectivity index (χ4v) is 1.96. The average Bonchev–Trinajstić information content (AvgIpc) is 2.92. The molecule has 120 valence electrons. The zero-order chi connectivity index (χ0) is 16.6. The fourth-order valence-electron chi connectivity index (χ4n) is 1.84. The van der Waals surface area contributed by atoms with Crippen molar-refractivity contribution in [3.05, 3.63) is 36.0 Å². The van der Waals surface area contributed by atoms with E-state index < -0.39 is 29.8 Å². The lowest BCUT2D eigenvalue weighted by molar-refractivity contribution is 0.0820. The molecule has 3 aromatic rings. The molecule has 0 amide bonds. The first-order valence-electron chi connectivity index (χ1n) is 6.04. The van der Waals surface area contributed by atoms with E-state index in [9.17, 15) is 17.6 Å². The van der Waals surface area contributed by atoms with Gasteiger partial charge in [-0.3, -0.25) is 0 Å². The van der Waals surface area contributed by atoms with Crippen molar-refractivity contribution in [2.45, 2.75) is 5.38 Å². The van der Waals surface area contributed by atoms with E-state index in [1.54, 1.807) is 0 Å². The highest BCUT2D eigenvalue weighted by Crippen LogP contribution is 2.31. The maximum atomic E-state index is 13.7. The Bertz CT molecular complexity index is 866. The summed E-state index contributed by atoms with van der Waals surface area (Å²) >= 11 is 4.94. The number of pyridine rings is 1. The molecule has 3 heterocycles. The van der Waals surface area contributed by atoms with Crippen LogP contribution in [0, 0.1) is 5.82 Å². The highest BCUT2D eigenvalue weighted by Gasteiger charge is 2.35. The Balaban J connectivity index is 2.08. The molecule has 0 atom stereocenters. The first-order valence-corrected chi connectivity index (χ1v) is 6.42. The Labute approximate surface area is 130 Å². The van der Waals surface area contributed by atoms with E-state index in [4.69, 9.17) is 11.6 Å². The summed E-state index contributed by atoms with van der Waals surface area (Å²) in [6, 6.07) is 3.74. The van der Waals surface area contributed by atoms with Gasteiger partial charge in [0, 0.05) is 11.8 Å². The van der Waals surface area contributed by atoms with E-state index in [1.165, 1.54) is 12.1 Å². The number of rotatable bonds is 4. The number of aromatic nitrogens is 5. The number of halogens is 5. The minimum Gasteiger partial charge on any atom is -0.444 e. The zero-order valence-electron chi connectivity index (χ0n) is 11.1. The normalized spacial score (nSPS) is 11.9. The van der Waals surface area contributed by atoms with Crippen LogP contribution in [0.4, 0.5) is 17.6 Å². The summed E-state index contributed by atoms with van der Waals surface area (Å²) in [5.74, 6) is -2.31. The van der Waals surface area contributed by atoms with Crippen LogP contribution in [0.1, 0.15) is 5.82 Å². The predicted octanol–water partition coefficient (Wildman–Crippen LogP) is 2.92. The lowest BCUT2D eigenvalue weighted by Gasteiger charge is -2.07. The van der Waals surface area contributed by atoms with E-state index >= 15 is 0 Å². The lowest BCUT2D eigenvalue weighted by atomic mass is 10.2. The van der Waals surface area contributed by atoms with Gasteiger partial charge in [-0.05, 0) is 29.8 Å². The molecule has 0 N–H and O–H groups in total. The molecule has 0 aliphatic carbocycles. The quantitative estimate of drug-likeness (QED) is 0.536. The van der Waals surface area contributed by atoms with Crippen LogP contribution in [-0.2, 0) is 5.38 Å². The molecular weight excluding hydrogens is 342 g/mol. The standard InChI is InChI=1S/C12H6ClF4N5O/c13-12(16,17)11-20-19-9-2-1-8(21-22(9)11)6-3-7(15)10(18-4-6)23-5-14/h1-4H,5H2. The second-order valence-corrected chi connectivity index (χ2v) is 4.75. The van der Waals surface area contributed by atoms with Crippen molar-refractivity contribution < 1.29 is 22.3 Å². The van der Waals surface area contributed by atoms with Crippen LogP contribution < -0.4 is 4.74 Å². The van der Waals surface area contributed by atoms with Gasteiger partial charge in [0.15, 0.2) is 11.5 Å². The number of hydrogen-bond acceptors (Lipinski definition) is 5. The Hall–Kier alpha value is -2.49. The summed E-state index contributed by atoms with van der Waals surface area (Å²) in [7, 11) is 0.